The Morgan fingerprint density at radius 3 is 2.83 bits per heavy atom. The third kappa shape index (κ3) is 4.09. The molecule has 2 aromatic heterocycles. The van der Waals surface area contributed by atoms with E-state index in [-0.39, 0.29) is 12.1 Å². The largest absolute Gasteiger partial charge is 0.468 e. The molecule has 0 unspecified atom stereocenters. The zero-order valence-corrected chi connectivity index (χ0v) is 17.9. The van der Waals surface area contributed by atoms with E-state index in [0.717, 1.165) is 55.3 Å². The normalized spacial score (nSPS) is 21.2. The van der Waals surface area contributed by atoms with Gasteiger partial charge in [0.2, 0.25) is 0 Å². The van der Waals surface area contributed by atoms with Crippen LogP contribution >= 0.6 is 11.3 Å². The van der Waals surface area contributed by atoms with Crippen molar-refractivity contribution >= 4 is 27.6 Å². The zero-order chi connectivity index (χ0) is 20.3. The van der Waals surface area contributed by atoms with E-state index in [4.69, 9.17) is 9.40 Å². The number of rotatable bonds is 5. The molecule has 4 heterocycles. The summed E-state index contributed by atoms with van der Waals surface area (Å²) in [4.78, 5) is 22.2. The van der Waals surface area contributed by atoms with E-state index < -0.39 is 0 Å². The summed E-state index contributed by atoms with van der Waals surface area (Å²) in [6.07, 6.45) is 6.24. The number of aromatic nitrogens is 1. The fourth-order valence-electron chi connectivity index (χ4n) is 4.67. The molecule has 1 N–H and O–H groups in total. The molecule has 2 amide bonds. The van der Waals surface area contributed by atoms with Crippen LogP contribution in [-0.4, -0.2) is 53.5 Å². The van der Waals surface area contributed by atoms with Crippen LogP contribution in [0.25, 0.3) is 10.2 Å². The van der Waals surface area contributed by atoms with E-state index in [1.54, 1.807) is 17.6 Å². The maximum atomic E-state index is 13.0. The Hall–Kier alpha value is -2.38. The minimum atomic E-state index is 0.0246. The number of amides is 2. The van der Waals surface area contributed by atoms with Crippen LogP contribution in [-0.2, 0) is 0 Å². The number of nitrogens with zero attached hydrogens (tertiary/aromatic N) is 3. The maximum Gasteiger partial charge on any atom is 0.317 e. The van der Waals surface area contributed by atoms with Gasteiger partial charge in [-0.3, -0.25) is 4.90 Å². The van der Waals surface area contributed by atoms with Gasteiger partial charge in [0, 0.05) is 25.6 Å². The number of hydrogen-bond acceptors (Lipinski definition) is 5. The molecule has 3 aromatic rings. The molecule has 6 nitrogen and oxygen atoms in total. The molecule has 0 aliphatic carbocycles. The highest BCUT2D eigenvalue weighted by Crippen LogP contribution is 2.33. The Labute approximate surface area is 180 Å². The SMILES string of the molecule is O=C(NC[C@@H](c1ccco1)N1CCCC1)N1CCC[C@@H](c2nc3ccccc3s2)C1. The lowest BCUT2D eigenvalue weighted by Gasteiger charge is -2.33. The summed E-state index contributed by atoms with van der Waals surface area (Å²) in [5.74, 6) is 1.25. The van der Waals surface area contributed by atoms with E-state index in [2.05, 4.69) is 28.4 Å². The van der Waals surface area contributed by atoms with Crippen LogP contribution in [0.5, 0.6) is 0 Å². The number of benzene rings is 1. The number of piperidine rings is 1. The van der Waals surface area contributed by atoms with Gasteiger partial charge in [-0.2, -0.15) is 0 Å². The highest BCUT2D eigenvalue weighted by Gasteiger charge is 2.29. The summed E-state index contributed by atoms with van der Waals surface area (Å²) in [7, 11) is 0. The van der Waals surface area contributed by atoms with Crippen LogP contribution in [0.1, 0.15) is 48.4 Å². The Morgan fingerprint density at radius 1 is 1.17 bits per heavy atom. The molecule has 0 saturated carbocycles. The van der Waals surface area contributed by atoms with Gasteiger partial charge in [0.25, 0.3) is 0 Å². The summed E-state index contributed by atoms with van der Waals surface area (Å²) in [5.41, 5.74) is 1.06. The van der Waals surface area contributed by atoms with Crippen LogP contribution in [0, 0.1) is 0 Å². The third-order valence-corrected chi connectivity index (χ3v) is 7.47. The topological polar surface area (TPSA) is 61.6 Å². The first-order valence-electron chi connectivity index (χ1n) is 10.9. The summed E-state index contributed by atoms with van der Waals surface area (Å²) in [5, 5.41) is 4.34. The van der Waals surface area contributed by atoms with Crippen molar-refractivity contribution in [2.45, 2.75) is 37.6 Å². The average molecular weight is 425 g/mol. The number of para-hydroxylation sites is 1. The molecular formula is C23H28N4O2S. The average Bonchev–Trinajstić information content (AvgIpc) is 3.55. The first-order chi connectivity index (χ1) is 14.8. The molecule has 2 atom stereocenters. The smallest absolute Gasteiger partial charge is 0.317 e. The summed E-state index contributed by atoms with van der Waals surface area (Å²) in [6.45, 7) is 4.24. The predicted molar refractivity (Wildman–Crippen MR) is 119 cm³/mol. The molecule has 0 spiro atoms. The molecule has 2 saturated heterocycles. The van der Waals surface area contributed by atoms with E-state index in [1.165, 1.54) is 17.5 Å². The molecule has 158 valence electrons. The number of carbonyl (C=O) groups excluding carboxylic acids is 1. The maximum absolute atomic E-state index is 13.0. The van der Waals surface area contributed by atoms with Gasteiger partial charge in [-0.05, 0) is 63.0 Å². The number of fused-ring (bicyclic) bond motifs is 1. The molecule has 2 aliphatic rings. The lowest BCUT2D eigenvalue weighted by Crippen LogP contribution is -2.47. The van der Waals surface area contributed by atoms with Gasteiger partial charge >= 0.3 is 6.03 Å². The number of thiazole rings is 1. The molecule has 2 aliphatic heterocycles. The lowest BCUT2D eigenvalue weighted by atomic mass is 9.99. The Balaban J connectivity index is 1.23. The first-order valence-corrected chi connectivity index (χ1v) is 11.8. The number of furan rings is 1. The summed E-state index contributed by atoms with van der Waals surface area (Å²) < 4.78 is 6.90. The van der Waals surface area contributed by atoms with Crippen molar-refractivity contribution < 1.29 is 9.21 Å². The third-order valence-electron chi connectivity index (χ3n) is 6.27. The zero-order valence-electron chi connectivity index (χ0n) is 17.1. The number of urea groups is 1. The van der Waals surface area contributed by atoms with Crippen molar-refractivity contribution in [3.8, 4) is 0 Å². The molecule has 1 aromatic carbocycles. The van der Waals surface area contributed by atoms with Crippen LogP contribution in [0.4, 0.5) is 4.79 Å². The van der Waals surface area contributed by atoms with Crippen molar-refractivity contribution in [3.63, 3.8) is 0 Å². The van der Waals surface area contributed by atoms with Gasteiger partial charge in [0.15, 0.2) is 0 Å². The Kier molecular flexibility index (Phi) is 5.73. The Morgan fingerprint density at radius 2 is 2.03 bits per heavy atom. The first kappa shape index (κ1) is 19.6. The second kappa shape index (κ2) is 8.78. The summed E-state index contributed by atoms with van der Waals surface area (Å²) in [6, 6.07) is 12.3. The minimum absolute atomic E-state index is 0.0246. The van der Waals surface area contributed by atoms with E-state index in [1.807, 2.05) is 23.1 Å². The van der Waals surface area contributed by atoms with Crippen molar-refractivity contribution in [1.29, 1.82) is 0 Å². The predicted octanol–water partition coefficient (Wildman–Crippen LogP) is 4.62. The van der Waals surface area contributed by atoms with Gasteiger partial charge in [0.1, 0.15) is 5.76 Å². The molecule has 5 rings (SSSR count). The Bertz CT molecular complexity index is 947. The lowest BCUT2D eigenvalue weighted by molar-refractivity contribution is 0.168. The summed E-state index contributed by atoms with van der Waals surface area (Å²) >= 11 is 1.76. The van der Waals surface area contributed by atoms with E-state index in [9.17, 15) is 4.79 Å². The van der Waals surface area contributed by atoms with Crippen molar-refractivity contribution in [1.82, 2.24) is 20.1 Å². The number of hydrogen-bond donors (Lipinski definition) is 1. The molecular weight excluding hydrogens is 396 g/mol. The van der Waals surface area contributed by atoms with E-state index in [0.29, 0.717) is 12.5 Å². The van der Waals surface area contributed by atoms with E-state index >= 15 is 0 Å². The van der Waals surface area contributed by atoms with Gasteiger partial charge in [0.05, 0.1) is 27.5 Å². The molecule has 0 radical (unpaired) electrons. The van der Waals surface area contributed by atoms with Crippen molar-refractivity contribution in [3.05, 3.63) is 53.4 Å². The van der Waals surface area contributed by atoms with Gasteiger partial charge in [-0.1, -0.05) is 12.1 Å². The molecule has 0 bridgehead atoms. The number of likely N-dealkylation sites (tertiary alicyclic amines) is 2. The van der Waals surface area contributed by atoms with Crippen LogP contribution in [0.3, 0.4) is 0 Å². The minimum Gasteiger partial charge on any atom is -0.468 e. The second-order valence-corrected chi connectivity index (χ2v) is 9.33. The van der Waals surface area contributed by atoms with Crippen LogP contribution in [0.2, 0.25) is 0 Å². The standard InChI is InChI=1S/C23H28N4O2S/c28-23(24-15-19(20-9-6-14-29-20)26-11-3-4-12-26)27-13-5-7-17(16-27)22-25-18-8-1-2-10-21(18)30-22/h1-2,6,8-10,14,17,19H,3-5,7,11-13,15-16H2,(H,24,28)/t17-,19+/m1/s1. The van der Waals surface area contributed by atoms with Crippen LogP contribution < -0.4 is 5.32 Å². The monoisotopic (exact) mass is 424 g/mol. The van der Waals surface area contributed by atoms with Crippen LogP contribution in [0.15, 0.2) is 47.1 Å². The molecule has 2 fully saturated rings. The fraction of sp³-hybridized carbons (Fsp3) is 0.478. The quantitative estimate of drug-likeness (QED) is 0.649. The molecule has 7 heteroatoms. The van der Waals surface area contributed by atoms with Crippen molar-refractivity contribution in [2.24, 2.45) is 0 Å². The fourth-order valence-corrected chi connectivity index (χ4v) is 5.76. The highest BCUT2D eigenvalue weighted by molar-refractivity contribution is 7.18. The van der Waals surface area contributed by atoms with Crippen molar-refractivity contribution in [2.75, 3.05) is 32.7 Å². The van der Waals surface area contributed by atoms with Gasteiger partial charge < -0.3 is 14.6 Å². The number of carbonyl (C=O) groups is 1. The number of nitrogens with one attached hydrogen (secondary N) is 1. The van der Waals surface area contributed by atoms with Gasteiger partial charge in [-0.15, -0.1) is 11.3 Å². The van der Waals surface area contributed by atoms with Gasteiger partial charge in [-0.25, -0.2) is 9.78 Å². The molecule has 30 heavy (non-hydrogen) atoms. The second-order valence-electron chi connectivity index (χ2n) is 8.27. The highest BCUT2D eigenvalue weighted by atomic mass is 32.1.